The minimum Gasteiger partial charge on any atom is -0.351 e. The van der Waals surface area contributed by atoms with Gasteiger partial charge < -0.3 is 9.88 Å². The van der Waals surface area contributed by atoms with Gasteiger partial charge in [0.1, 0.15) is 0 Å². The average Bonchev–Trinajstić information content (AvgIpc) is 2.61. The minimum absolute atomic E-state index is 0.00703. The van der Waals surface area contributed by atoms with Crippen LogP contribution in [0.2, 0.25) is 5.02 Å². The van der Waals surface area contributed by atoms with Gasteiger partial charge >= 0.3 is 0 Å². The van der Waals surface area contributed by atoms with Crippen LogP contribution in [0.1, 0.15) is 20.8 Å². The van der Waals surface area contributed by atoms with Gasteiger partial charge in [0, 0.05) is 17.6 Å². The number of halogens is 1. The zero-order chi connectivity index (χ0) is 14.9. The molecule has 1 aromatic heterocycles. The van der Waals surface area contributed by atoms with Crippen molar-refractivity contribution in [1.82, 2.24) is 14.9 Å². The summed E-state index contributed by atoms with van der Waals surface area (Å²) in [6.45, 7) is 5.89. The molecule has 0 fully saturated rings. The van der Waals surface area contributed by atoms with Crippen LogP contribution in [0.25, 0.3) is 11.0 Å². The van der Waals surface area contributed by atoms with Crippen molar-refractivity contribution in [3.8, 4) is 0 Å². The summed E-state index contributed by atoms with van der Waals surface area (Å²) in [4.78, 5) is 16.3. The van der Waals surface area contributed by atoms with Crippen LogP contribution in [0.15, 0.2) is 23.4 Å². The number of hydrogen-bond acceptors (Lipinski definition) is 3. The number of carbonyl (C=O) groups excluding carboxylic acids is 1. The molecule has 0 spiro atoms. The van der Waals surface area contributed by atoms with Gasteiger partial charge in [0.25, 0.3) is 0 Å². The van der Waals surface area contributed by atoms with Crippen LogP contribution >= 0.6 is 23.4 Å². The molecule has 2 aromatic rings. The quantitative estimate of drug-likeness (QED) is 0.885. The fourth-order valence-corrected chi connectivity index (χ4v) is 2.82. The molecule has 0 aliphatic heterocycles. The standard InChI is InChI=1S/C14H18ClN3OS/c1-14(2,3)17-12(19)8-20-13-16-10-7-9(15)5-6-11(10)18(13)4/h5-7H,8H2,1-4H3,(H,17,19). The molecule has 0 unspecified atom stereocenters. The lowest BCUT2D eigenvalue weighted by atomic mass is 10.1. The summed E-state index contributed by atoms with van der Waals surface area (Å²) < 4.78 is 1.97. The van der Waals surface area contributed by atoms with Gasteiger partial charge in [0.2, 0.25) is 5.91 Å². The summed E-state index contributed by atoms with van der Waals surface area (Å²) in [6.07, 6.45) is 0. The number of hydrogen-bond donors (Lipinski definition) is 1. The Balaban J connectivity index is 2.10. The SMILES string of the molecule is Cn1c(SCC(=O)NC(C)(C)C)nc2cc(Cl)ccc21. The molecule has 1 amide bonds. The third-order valence-corrected chi connectivity index (χ3v) is 3.91. The summed E-state index contributed by atoms with van der Waals surface area (Å²) in [7, 11) is 1.94. The maximum atomic E-state index is 11.8. The predicted molar refractivity (Wildman–Crippen MR) is 84.3 cm³/mol. The smallest absolute Gasteiger partial charge is 0.230 e. The zero-order valence-electron chi connectivity index (χ0n) is 12.0. The molecular weight excluding hydrogens is 294 g/mol. The molecular formula is C14H18ClN3OS. The van der Waals surface area contributed by atoms with E-state index >= 15 is 0 Å². The van der Waals surface area contributed by atoms with E-state index in [1.807, 2.05) is 50.6 Å². The van der Waals surface area contributed by atoms with Crippen LogP contribution in [0.4, 0.5) is 0 Å². The lowest BCUT2D eigenvalue weighted by Gasteiger charge is -2.20. The largest absolute Gasteiger partial charge is 0.351 e. The summed E-state index contributed by atoms with van der Waals surface area (Å²) in [6, 6.07) is 5.60. The van der Waals surface area contributed by atoms with Crippen molar-refractivity contribution >= 4 is 40.3 Å². The first kappa shape index (κ1) is 15.2. The lowest BCUT2D eigenvalue weighted by molar-refractivity contribution is -0.119. The molecule has 0 radical (unpaired) electrons. The van der Waals surface area contributed by atoms with Gasteiger partial charge in [0.05, 0.1) is 16.8 Å². The monoisotopic (exact) mass is 311 g/mol. The van der Waals surface area contributed by atoms with Crippen molar-refractivity contribution in [1.29, 1.82) is 0 Å². The Morgan fingerprint density at radius 1 is 1.45 bits per heavy atom. The number of fused-ring (bicyclic) bond motifs is 1. The molecule has 1 aromatic carbocycles. The Morgan fingerprint density at radius 3 is 2.80 bits per heavy atom. The molecule has 0 atom stereocenters. The second-order valence-corrected chi connectivity index (χ2v) is 7.05. The van der Waals surface area contributed by atoms with E-state index in [4.69, 9.17) is 11.6 Å². The number of thioether (sulfide) groups is 1. The number of aryl methyl sites for hydroxylation is 1. The van der Waals surface area contributed by atoms with E-state index in [0.717, 1.165) is 16.2 Å². The average molecular weight is 312 g/mol. The summed E-state index contributed by atoms with van der Waals surface area (Å²) in [5, 5.41) is 4.41. The van der Waals surface area contributed by atoms with Crippen molar-refractivity contribution < 1.29 is 4.79 Å². The van der Waals surface area contributed by atoms with E-state index < -0.39 is 0 Å². The number of carbonyl (C=O) groups is 1. The van der Waals surface area contributed by atoms with E-state index in [2.05, 4.69) is 10.3 Å². The number of aromatic nitrogens is 2. The molecule has 20 heavy (non-hydrogen) atoms. The minimum atomic E-state index is -0.211. The maximum Gasteiger partial charge on any atom is 0.230 e. The van der Waals surface area contributed by atoms with Gasteiger partial charge in [0.15, 0.2) is 5.16 Å². The first-order valence-corrected chi connectivity index (χ1v) is 7.68. The third-order valence-electron chi connectivity index (χ3n) is 2.65. The first-order valence-electron chi connectivity index (χ1n) is 6.32. The van der Waals surface area contributed by atoms with Crippen molar-refractivity contribution in [3.05, 3.63) is 23.2 Å². The number of imidazole rings is 1. The van der Waals surface area contributed by atoms with E-state index in [1.165, 1.54) is 11.8 Å². The Kier molecular flexibility index (Phi) is 4.30. The van der Waals surface area contributed by atoms with Gasteiger partial charge in [-0.25, -0.2) is 4.98 Å². The number of rotatable bonds is 3. The molecule has 1 N–H and O–H groups in total. The van der Waals surface area contributed by atoms with E-state index in [1.54, 1.807) is 0 Å². The molecule has 0 bridgehead atoms. The molecule has 0 saturated heterocycles. The van der Waals surface area contributed by atoms with Gasteiger partial charge in [-0.15, -0.1) is 0 Å². The van der Waals surface area contributed by atoms with Gasteiger partial charge in [-0.05, 0) is 39.0 Å². The van der Waals surface area contributed by atoms with Crippen LogP contribution in [0.3, 0.4) is 0 Å². The zero-order valence-corrected chi connectivity index (χ0v) is 13.6. The second-order valence-electron chi connectivity index (χ2n) is 5.67. The highest BCUT2D eigenvalue weighted by Crippen LogP contribution is 2.25. The first-order chi connectivity index (χ1) is 9.26. The Bertz CT molecular complexity index is 646. The molecule has 4 nitrogen and oxygen atoms in total. The molecule has 2 rings (SSSR count). The number of amides is 1. The fourth-order valence-electron chi connectivity index (χ4n) is 1.86. The molecule has 1 heterocycles. The van der Waals surface area contributed by atoms with Crippen LogP contribution in [-0.2, 0) is 11.8 Å². The van der Waals surface area contributed by atoms with Crippen molar-refractivity contribution in [2.45, 2.75) is 31.5 Å². The molecule has 0 aliphatic rings. The van der Waals surface area contributed by atoms with Crippen molar-refractivity contribution in [2.75, 3.05) is 5.75 Å². The van der Waals surface area contributed by atoms with Crippen LogP contribution in [0.5, 0.6) is 0 Å². The Hall–Kier alpha value is -1.20. The fraction of sp³-hybridized carbons (Fsp3) is 0.429. The molecule has 0 aliphatic carbocycles. The van der Waals surface area contributed by atoms with Crippen LogP contribution in [0, 0.1) is 0 Å². The van der Waals surface area contributed by atoms with E-state index in [9.17, 15) is 4.79 Å². The topological polar surface area (TPSA) is 46.9 Å². The normalized spacial score (nSPS) is 11.8. The summed E-state index contributed by atoms with van der Waals surface area (Å²) >= 11 is 7.38. The van der Waals surface area contributed by atoms with E-state index in [0.29, 0.717) is 10.8 Å². The van der Waals surface area contributed by atoms with Crippen molar-refractivity contribution in [2.24, 2.45) is 7.05 Å². The van der Waals surface area contributed by atoms with Gasteiger partial charge in [-0.2, -0.15) is 0 Å². The highest BCUT2D eigenvalue weighted by molar-refractivity contribution is 7.99. The Morgan fingerprint density at radius 2 is 2.15 bits per heavy atom. The van der Waals surface area contributed by atoms with Crippen LogP contribution < -0.4 is 5.32 Å². The number of nitrogens with one attached hydrogen (secondary N) is 1. The molecule has 6 heteroatoms. The molecule has 108 valence electrons. The van der Waals surface area contributed by atoms with Crippen LogP contribution in [-0.4, -0.2) is 26.8 Å². The molecule has 0 saturated carbocycles. The Labute approximate surface area is 127 Å². The predicted octanol–water partition coefficient (Wildman–Crippen LogP) is 3.23. The lowest BCUT2D eigenvalue weighted by Crippen LogP contribution is -2.41. The highest BCUT2D eigenvalue weighted by atomic mass is 35.5. The maximum absolute atomic E-state index is 11.8. The summed E-state index contributed by atoms with van der Waals surface area (Å²) in [5.74, 6) is 0.356. The number of benzene rings is 1. The highest BCUT2D eigenvalue weighted by Gasteiger charge is 2.15. The third kappa shape index (κ3) is 3.67. The van der Waals surface area contributed by atoms with E-state index in [-0.39, 0.29) is 11.4 Å². The van der Waals surface area contributed by atoms with Crippen molar-refractivity contribution in [3.63, 3.8) is 0 Å². The van der Waals surface area contributed by atoms with Gasteiger partial charge in [-0.3, -0.25) is 4.79 Å². The number of nitrogens with zero attached hydrogens (tertiary/aromatic N) is 2. The summed E-state index contributed by atoms with van der Waals surface area (Å²) in [5.41, 5.74) is 1.64. The van der Waals surface area contributed by atoms with Gasteiger partial charge in [-0.1, -0.05) is 23.4 Å². The second kappa shape index (κ2) is 5.66.